The minimum atomic E-state index is -0.589. The molecule has 2 aromatic carbocycles. The Morgan fingerprint density at radius 2 is 1.48 bits per heavy atom. The molecule has 2 rings (SSSR count). The van der Waals surface area contributed by atoms with Crippen LogP contribution in [0.25, 0.3) is 0 Å². The first-order valence-corrected chi connectivity index (χ1v) is 7.34. The van der Waals surface area contributed by atoms with E-state index in [4.69, 9.17) is 4.74 Å². The summed E-state index contributed by atoms with van der Waals surface area (Å²) in [6.07, 6.45) is -0.589. The Bertz CT molecular complexity index is 645. The van der Waals surface area contributed by atoms with Crippen molar-refractivity contribution in [3.05, 3.63) is 64.1 Å². The van der Waals surface area contributed by atoms with Crippen LogP contribution in [0.15, 0.2) is 53.0 Å². The van der Waals surface area contributed by atoms with Crippen LogP contribution in [0.3, 0.4) is 0 Å². The van der Waals surface area contributed by atoms with E-state index in [1.807, 2.05) is 12.1 Å². The number of carbonyl (C=O) groups excluding carboxylic acids is 2. The zero-order valence-corrected chi connectivity index (χ0v) is 13.4. The highest BCUT2D eigenvalue weighted by atomic mass is 79.9. The Morgan fingerprint density at radius 1 is 0.952 bits per heavy atom. The smallest absolute Gasteiger partial charge is 0.202 e. The van der Waals surface area contributed by atoms with Crippen molar-refractivity contribution in [2.45, 2.75) is 20.0 Å². The van der Waals surface area contributed by atoms with Crippen LogP contribution in [0, 0.1) is 0 Å². The van der Waals surface area contributed by atoms with E-state index in [0.717, 1.165) is 4.47 Å². The minimum Gasteiger partial charge on any atom is -0.483 e. The number of ketones is 2. The molecule has 0 heterocycles. The van der Waals surface area contributed by atoms with E-state index in [1.165, 1.54) is 6.92 Å². The SMILES string of the molecule is CC(=O)c1ccc(O[C@H](C)C(=O)c2ccc(Br)cc2)cc1. The van der Waals surface area contributed by atoms with Gasteiger partial charge in [0.05, 0.1) is 0 Å². The van der Waals surface area contributed by atoms with Crippen molar-refractivity contribution < 1.29 is 14.3 Å². The quantitative estimate of drug-likeness (QED) is 0.758. The summed E-state index contributed by atoms with van der Waals surface area (Å²) in [4.78, 5) is 23.4. The van der Waals surface area contributed by atoms with Crippen LogP contribution in [-0.2, 0) is 0 Å². The molecule has 3 nitrogen and oxygen atoms in total. The van der Waals surface area contributed by atoms with Crippen molar-refractivity contribution in [3.8, 4) is 5.75 Å². The van der Waals surface area contributed by atoms with Crippen molar-refractivity contribution in [1.82, 2.24) is 0 Å². The van der Waals surface area contributed by atoms with Crippen LogP contribution in [-0.4, -0.2) is 17.7 Å². The maximum Gasteiger partial charge on any atom is 0.202 e. The number of halogens is 1. The van der Waals surface area contributed by atoms with Crippen molar-refractivity contribution >= 4 is 27.5 Å². The summed E-state index contributed by atoms with van der Waals surface area (Å²) >= 11 is 3.33. The molecule has 2 aromatic rings. The lowest BCUT2D eigenvalue weighted by molar-refractivity contribution is 0.0817. The molecule has 108 valence electrons. The fourth-order valence-corrected chi connectivity index (χ4v) is 2.14. The lowest BCUT2D eigenvalue weighted by Gasteiger charge is -2.14. The Hall–Kier alpha value is -1.94. The predicted octanol–water partition coefficient (Wildman–Crippen LogP) is 4.30. The molecular weight excluding hydrogens is 332 g/mol. The molecule has 0 spiro atoms. The molecule has 21 heavy (non-hydrogen) atoms. The van der Waals surface area contributed by atoms with Crippen LogP contribution in [0.5, 0.6) is 5.75 Å². The molecule has 0 fully saturated rings. The summed E-state index contributed by atoms with van der Waals surface area (Å²) in [6.45, 7) is 3.22. The zero-order chi connectivity index (χ0) is 15.4. The summed E-state index contributed by atoms with van der Waals surface area (Å²) in [5, 5.41) is 0. The lowest BCUT2D eigenvalue weighted by atomic mass is 10.1. The molecule has 0 aromatic heterocycles. The van der Waals surface area contributed by atoms with E-state index in [9.17, 15) is 9.59 Å². The first kappa shape index (κ1) is 15.4. The average Bonchev–Trinajstić information content (AvgIpc) is 2.47. The van der Waals surface area contributed by atoms with Gasteiger partial charge >= 0.3 is 0 Å². The van der Waals surface area contributed by atoms with Gasteiger partial charge in [-0.25, -0.2) is 0 Å². The molecule has 0 aliphatic rings. The van der Waals surface area contributed by atoms with E-state index >= 15 is 0 Å². The summed E-state index contributed by atoms with van der Waals surface area (Å²) in [7, 11) is 0. The van der Waals surface area contributed by atoms with Crippen molar-refractivity contribution in [3.63, 3.8) is 0 Å². The van der Waals surface area contributed by atoms with E-state index in [1.54, 1.807) is 43.3 Å². The molecule has 0 saturated carbocycles. The third kappa shape index (κ3) is 4.02. The summed E-state index contributed by atoms with van der Waals surface area (Å²) < 4.78 is 6.55. The highest BCUT2D eigenvalue weighted by Crippen LogP contribution is 2.17. The van der Waals surface area contributed by atoms with Gasteiger partial charge in [0.1, 0.15) is 5.75 Å². The van der Waals surface area contributed by atoms with Gasteiger partial charge in [0.15, 0.2) is 11.9 Å². The van der Waals surface area contributed by atoms with Gasteiger partial charge in [0, 0.05) is 15.6 Å². The molecule has 0 unspecified atom stereocenters. The monoisotopic (exact) mass is 346 g/mol. The number of carbonyl (C=O) groups is 2. The Kier molecular flexibility index (Phi) is 4.91. The van der Waals surface area contributed by atoms with Crippen LogP contribution in [0.4, 0.5) is 0 Å². The van der Waals surface area contributed by atoms with Gasteiger partial charge in [-0.05, 0) is 50.2 Å². The van der Waals surface area contributed by atoms with Crippen LogP contribution >= 0.6 is 15.9 Å². The van der Waals surface area contributed by atoms with E-state index in [2.05, 4.69) is 15.9 Å². The van der Waals surface area contributed by atoms with Crippen LogP contribution < -0.4 is 4.74 Å². The molecule has 4 heteroatoms. The number of Topliss-reactive ketones (excluding diaryl/α,β-unsaturated/α-hetero) is 2. The first-order valence-electron chi connectivity index (χ1n) is 6.55. The third-order valence-electron chi connectivity index (χ3n) is 3.07. The molecule has 0 saturated heterocycles. The fraction of sp³-hybridized carbons (Fsp3) is 0.176. The second kappa shape index (κ2) is 6.68. The molecule has 0 amide bonds. The topological polar surface area (TPSA) is 43.4 Å². The molecule has 0 aliphatic heterocycles. The second-order valence-electron chi connectivity index (χ2n) is 4.71. The van der Waals surface area contributed by atoms with Gasteiger partial charge in [-0.1, -0.05) is 28.1 Å². The molecule has 0 N–H and O–H groups in total. The highest BCUT2D eigenvalue weighted by Gasteiger charge is 2.16. The van der Waals surface area contributed by atoms with E-state index in [0.29, 0.717) is 16.9 Å². The largest absolute Gasteiger partial charge is 0.483 e. The number of hydrogen-bond acceptors (Lipinski definition) is 3. The summed E-state index contributed by atoms with van der Waals surface area (Å²) in [6, 6.07) is 13.9. The standard InChI is InChI=1S/C17H15BrO3/c1-11(19)13-5-9-16(10-6-13)21-12(2)17(20)14-3-7-15(18)8-4-14/h3-10,12H,1-2H3/t12-/m1/s1. The molecular formula is C17H15BrO3. The van der Waals surface area contributed by atoms with Gasteiger partial charge in [-0.15, -0.1) is 0 Å². The van der Waals surface area contributed by atoms with E-state index < -0.39 is 6.10 Å². The van der Waals surface area contributed by atoms with Crippen molar-refractivity contribution in [1.29, 1.82) is 0 Å². The minimum absolute atomic E-state index is 0.000498. The van der Waals surface area contributed by atoms with Crippen molar-refractivity contribution in [2.24, 2.45) is 0 Å². The zero-order valence-electron chi connectivity index (χ0n) is 11.8. The van der Waals surface area contributed by atoms with Crippen LogP contribution in [0.2, 0.25) is 0 Å². The van der Waals surface area contributed by atoms with Crippen molar-refractivity contribution in [2.75, 3.05) is 0 Å². The van der Waals surface area contributed by atoms with Gasteiger partial charge in [0.25, 0.3) is 0 Å². The third-order valence-corrected chi connectivity index (χ3v) is 3.60. The summed E-state index contributed by atoms with van der Waals surface area (Å²) in [5.41, 5.74) is 1.22. The first-order chi connectivity index (χ1) is 9.97. The van der Waals surface area contributed by atoms with E-state index in [-0.39, 0.29) is 11.6 Å². The molecule has 1 atom stereocenters. The average molecular weight is 347 g/mol. The van der Waals surface area contributed by atoms with Gasteiger partial charge in [-0.3, -0.25) is 9.59 Å². The van der Waals surface area contributed by atoms with Gasteiger partial charge < -0.3 is 4.74 Å². The number of ether oxygens (including phenoxy) is 1. The van der Waals surface area contributed by atoms with Gasteiger partial charge in [-0.2, -0.15) is 0 Å². The normalized spacial score (nSPS) is 11.8. The number of rotatable bonds is 5. The Balaban J connectivity index is 2.06. The predicted molar refractivity (Wildman–Crippen MR) is 85.0 cm³/mol. The number of hydrogen-bond donors (Lipinski definition) is 0. The highest BCUT2D eigenvalue weighted by molar-refractivity contribution is 9.10. The van der Waals surface area contributed by atoms with Gasteiger partial charge in [0.2, 0.25) is 5.78 Å². The molecule has 0 radical (unpaired) electrons. The molecule has 0 bridgehead atoms. The Morgan fingerprint density at radius 3 is 2.00 bits per heavy atom. The maximum absolute atomic E-state index is 12.2. The summed E-state index contributed by atoms with van der Waals surface area (Å²) in [5.74, 6) is 0.483. The lowest BCUT2D eigenvalue weighted by Crippen LogP contribution is -2.23. The molecule has 0 aliphatic carbocycles. The second-order valence-corrected chi connectivity index (χ2v) is 5.63. The maximum atomic E-state index is 12.2. The fourth-order valence-electron chi connectivity index (χ4n) is 1.87. The van der Waals surface area contributed by atoms with Crippen LogP contribution in [0.1, 0.15) is 34.6 Å². The number of benzene rings is 2. The Labute approximate surface area is 132 Å².